The number of hydrogen-bond donors (Lipinski definition) is 3. The average molecular weight is 606 g/mol. The Morgan fingerprint density at radius 2 is 1.84 bits per heavy atom. The van der Waals surface area contributed by atoms with Crippen LogP contribution in [0.3, 0.4) is 0 Å². The molecule has 1 aliphatic heterocycles. The second-order valence-corrected chi connectivity index (χ2v) is 11.7. The molecule has 0 spiro atoms. The number of aromatic nitrogens is 6. The molecular weight excluding hydrogens is 569 g/mol. The highest BCUT2D eigenvalue weighted by molar-refractivity contribution is 5.97. The van der Waals surface area contributed by atoms with Crippen molar-refractivity contribution in [2.24, 2.45) is 0 Å². The summed E-state index contributed by atoms with van der Waals surface area (Å²) in [6, 6.07) is 14.9. The number of H-pyrrole nitrogens is 2. The summed E-state index contributed by atoms with van der Waals surface area (Å²) in [6.45, 7) is 5.40. The molecule has 1 saturated heterocycles. The summed E-state index contributed by atoms with van der Waals surface area (Å²) in [4.78, 5) is 21.9. The number of aromatic amines is 2. The van der Waals surface area contributed by atoms with E-state index in [0.29, 0.717) is 47.1 Å². The van der Waals surface area contributed by atoms with Crippen molar-refractivity contribution in [2.45, 2.75) is 12.8 Å². The van der Waals surface area contributed by atoms with Gasteiger partial charge in [-0.2, -0.15) is 5.10 Å². The van der Waals surface area contributed by atoms with Crippen LogP contribution in [0.15, 0.2) is 67.1 Å². The van der Waals surface area contributed by atoms with Crippen LogP contribution in [-0.2, 0) is 0 Å². The first kappa shape index (κ1) is 28.9. The SMILES string of the molecule is CN(C)CCNc1cc(F)cc(-c2nccc3[nH]c(-c4n[nH]c5ccc(-c6cncc(OCCN7CCCC7)c6)cc45)nc23)c1. The van der Waals surface area contributed by atoms with Crippen molar-refractivity contribution in [2.75, 3.05) is 58.7 Å². The number of halogens is 1. The fourth-order valence-electron chi connectivity index (χ4n) is 5.84. The van der Waals surface area contributed by atoms with Gasteiger partial charge < -0.3 is 19.9 Å². The number of benzene rings is 2. The van der Waals surface area contributed by atoms with E-state index in [1.165, 1.54) is 25.0 Å². The Balaban J connectivity index is 1.17. The molecule has 2 aromatic carbocycles. The van der Waals surface area contributed by atoms with Crippen LogP contribution in [0.25, 0.3) is 55.8 Å². The van der Waals surface area contributed by atoms with Gasteiger partial charge in [-0.3, -0.25) is 20.0 Å². The number of nitrogens with one attached hydrogen (secondary N) is 3. The zero-order valence-electron chi connectivity index (χ0n) is 25.5. The van der Waals surface area contributed by atoms with Crippen molar-refractivity contribution in [3.05, 3.63) is 72.9 Å². The van der Waals surface area contributed by atoms with E-state index in [9.17, 15) is 4.39 Å². The molecule has 230 valence electrons. The zero-order valence-corrected chi connectivity index (χ0v) is 25.5. The molecule has 0 bridgehead atoms. The number of rotatable bonds is 11. The molecule has 7 rings (SSSR count). The van der Waals surface area contributed by atoms with Crippen molar-refractivity contribution in [3.63, 3.8) is 0 Å². The van der Waals surface area contributed by atoms with E-state index in [2.05, 4.69) is 46.3 Å². The quantitative estimate of drug-likeness (QED) is 0.170. The molecule has 0 atom stereocenters. The van der Waals surface area contributed by atoms with Crippen molar-refractivity contribution in [1.29, 1.82) is 0 Å². The van der Waals surface area contributed by atoms with Crippen LogP contribution >= 0.6 is 0 Å². The third-order valence-corrected chi connectivity index (χ3v) is 8.17. The molecule has 1 aliphatic rings. The van der Waals surface area contributed by atoms with Gasteiger partial charge in [-0.25, -0.2) is 9.37 Å². The minimum Gasteiger partial charge on any atom is -0.491 e. The van der Waals surface area contributed by atoms with Gasteiger partial charge in [0.15, 0.2) is 5.82 Å². The highest BCUT2D eigenvalue weighted by atomic mass is 19.1. The van der Waals surface area contributed by atoms with Crippen molar-refractivity contribution in [1.82, 2.24) is 39.9 Å². The molecule has 0 aliphatic carbocycles. The molecule has 11 heteroatoms. The van der Waals surface area contributed by atoms with E-state index in [-0.39, 0.29) is 5.82 Å². The zero-order chi connectivity index (χ0) is 30.8. The van der Waals surface area contributed by atoms with Crippen LogP contribution in [0, 0.1) is 5.82 Å². The molecular formula is C34H36FN9O. The lowest BCUT2D eigenvalue weighted by Gasteiger charge is -2.15. The Bertz CT molecular complexity index is 1940. The summed E-state index contributed by atoms with van der Waals surface area (Å²) >= 11 is 0. The Hall–Kier alpha value is -4.87. The van der Waals surface area contributed by atoms with Crippen LogP contribution in [0.2, 0.25) is 0 Å². The van der Waals surface area contributed by atoms with Crippen molar-refractivity contribution >= 4 is 27.6 Å². The molecule has 10 nitrogen and oxygen atoms in total. The molecule has 45 heavy (non-hydrogen) atoms. The molecule has 4 aromatic heterocycles. The summed E-state index contributed by atoms with van der Waals surface area (Å²) < 4.78 is 20.7. The number of nitrogens with zero attached hydrogens (tertiary/aromatic N) is 6. The predicted octanol–water partition coefficient (Wildman–Crippen LogP) is 5.82. The molecule has 3 N–H and O–H groups in total. The minimum atomic E-state index is -0.337. The largest absolute Gasteiger partial charge is 0.491 e. The maximum Gasteiger partial charge on any atom is 0.159 e. The number of imidazole rings is 1. The Labute approximate surface area is 260 Å². The van der Waals surface area contributed by atoms with Gasteiger partial charge in [-0.15, -0.1) is 0 Å². The maximum atomic E-state index is 14.7. The number of fused-ring (bicyclic) bond motifs is 2. The lowest BCUT2D eigenvalue weighted by Crippen LogP contribution is -2.25. The van der Waals surface area contributed by atoms with Crippen molar-refractivity contribution < 1.29 is 9.13 Å². The Morgan fingerprint density at radius 3 is 2.71 bits per heavy atom. The Morgan fingerprint density at radius 1 is 0.956 bits per heavy atom. The van der Waals surface area contributed by atoms with Crippen molar-refractivity contribution in [3.8, 4) is 39.7 Å². The van der Waals surface area contributed by atoms with Crippen LogP contribution in [0.4, 0.5) is 10.1 Å². The second-order valence-electron chi connectivity index (χ2n) is 11.7. The van der Waals surface area contributed by atoms with Gasteiger partial charge in [-0.1, -0.05) is 6.07 Å². The lowest BCUT2D eigenvalue weighted by molar-refractivity contribution is 0.237. The number of hydrogen-bond acceptors (Lipinski definition) is 8. The maximum absolute atomic E-state index is 14.7. The van der Waals surface area contributed by atoms with Gasteiger partial charge >= 0.3 is 0 Å². The summed E-state index contributed by atoms with van der Waals surface area (Å²) in [7, 11) is 4.01. The first-order valence-electron chi connectivity index (χ1n) is 15.3. The van der Waals surface area contributed by atoms with E-state index in [1.54, 1.807) is 12.4 Å². The first-order valence-corrected chi connectivity index (χ1v) is 15.3. The first-order chi connectivity index (χ1) is 22.0. The average Bonchev–Trinajstić information content (AvgIpc) is 3.80. The summed E-state index contributed by atoms with van der Waals surface area (Å²) in [6.07, 6.45) is 7.85. The van der Waals surface area contributed by atoms with Gasteiger partial charge in [0.05, 0.1) is 22.9 Å². The van der Waals surface area contributed by atoms with Crippen LogP contribution in [-0.4, -0.2) is 93.4 Å². The molecule has 0 amide bonds. The third kappa shape index (κ3) is 6.36. The van der Waals surface area contributed by atoms with Gasteiger partial charge in [0.25, 0.3) is 0 Å². The van der Waals surface area contributed by atoms with Gasteiger partial charge in [0.2, 0.25) is 0 Å². The Kier molecular flexibility index (Phi) is 8.10. The van der Waals surface area contributed by atoms with Gasteiger partial charge in [-0.05, 0) is 88.1 Å². The number of anilines is 1. The number of likely N-dealkylation sites (tertiary alicyclic amines) is 1. The van der Waals surface area contributed by atoms with E-state index in [1.807, 2.05) is 50.6 Å². The summed E-state index contributed by atoms with van der Waals surface area (Å²) in [5.41, 5.74) is 6.90. The smallest absolute Gasteiger partial charge is 0.159 e. The van der Waals surface area contributed by atoms with E-state index in [4.69, 9.17) is 9.72 Å². The molecule has 0 saturated carbocycles. The van der Waals surface area contributed by atoms with Crippen LogP contribution < -0.4 is 10.1 Å². The van der Waals surface area contributed by atoms with E-state index in [0.717, 1.165) is 59.5 Å². The molecule has 0 radical (unpaired) electrons. The second kappa shape index (κ2) is 12.6. The van der Waals surface area contributed by atoms with E-state index >= 15 is 0 Å². The number of likely N-dealkylation sites (N-methyl/N-ethyl adjacent to an activating group) is 1. The van der Waals surface area contributed by atoms with Crippen LogP contribution in [0.1, 0.15) is 12.8 Å². The highest BCUT2D eigenvalue weighted by Gasteiger charge is 2.18. The van der Waals surface area contributed by atoms with Gasteiger partial charge in [0.1, 0.15) is 29.4 Å². The van der Waals surface area contributed by atoms with E-state index < -0.39 is 0 Å². The number of pyridine rings is 2. The standard InChI is InChI=1S/C34H36FN9O/c1-43(2)12-9-37-26-16-23(15-25(35)19-26)31-33-30(7-8-38-31)39-34(40-33)32-28-18-22(5-6-29(28)41-42-32)24-17-27(21-36-20-24)45-14-13-44-10-3-4-11-44/h5-8,15-21,37H,3-4,9-14H2,1-2H3,(H,39,40)(H,41,42). The summed E-state index contributed by atoms with van der Waals surface area (Å²) in [5.74, 6) is 1.02. The third-order valence-electron chi connectivity index (χ3n) is 8.17. The number of ether oxygens (including phenoxy) is 1. The molecule has 6 aromatic rings. The topological polar surface area (TPSA) is 111 Å². The highest BCUT2D eigenvalue weighted by Crippen LogP contribution is 2.33. The molecule has 5 heterocycles. The van der Waals surface area contributed by atoms with Crippen LogP contribution in [0.5, 0.6) is 5.75 Å². The fraction of sp³-hybridized carbons (Fsp3) is 0.294. The normalized spacial score (nSPS) is 13.8. The predicted molar refractivity (Wildman–Crippen MR) is 176 cm³/mol. The molecule has 1 fully saturated rings. The molecule has 0 unspecified atom stereocenters. The summed E-state index contributed by atoms with van der Waals surface area (Å²) in [5, 5.41) is 12.0. The van der Waals surface area contributed by atoms with Gasteiger partial charge in [0, 0.05) is 54.2 Å². The minimum absolute atomic E-state index is 0.337. The monoisotopic (exact) mass is 605 g/mol. The fourth-order valence-corrected chi connectivity index (χ4v) is 5.84. The lowest BCUT2D eigenvalue weighted by atomic mass is 10.0.